The Balaban J connectivity index is 1.53. The van der Waals surface area contributed by atoms with Gasteiger partial charge in [0.1, 0.15) is 0 Å². The van der Waals surface area contributed by atoms with Crippen LogP contribution in [0.2, 0.25) is 0 Å². The summed E-state index contributed by atoms with van der Waals surface area (Å²) in [6, 6.07) is 10.4. The number of rotatable bonds is 3. The molecule has 0 N–H and O–H groups in total. The topological polar surface area (TPSA) is 46.3 Å². The van der Waals surface area contributed by atoms with Crippen molar-refractivity contribution in [2.45, 2.75) is 25.8 Å². The Labute approximate surface area is 129 Å². The van der Waals surface area contributed by atoms with Gasteiger partial charge in [-0.3, -0.25) is 4.90 Å². The Morgan fingerprint density at radius 2 is 1.82 bits per heavy atom. The first-order valence-corrected chi connectivity index (χ1v) is 7.87. The zero-order valence-corrected chi connectivity index (χ0v) is 12.5. The van der Waals surface area contributed by atoms with Gasteiger partial charge in [-0.2, -0.15) is 4.98 Å². The maximum absolute atomic E-state index is 4.46. The predicted molar refractivity (Wildman–Crippen MR) is 85.3 cm³/mol. The van der Waals surface area contributed by atoms with Gasteiger partial charge in [0.2, 0.25) is 0 Å². The van der Waals surface area contributed by atoms with Crippen LogP contribution < -0.4 is 0 Å². The number of fused-ring (bicyclic) bond motifs is 1. The van der Waals surface area contributed by atoms with Crippen LogP contribution in [0.4, 0.5) is 0 Å². The first kappa shape index (κ1) is 13.4. The first-order valence-electron chi connectivity index (χ1n) is 7.87. The van der Waals surface area contributed by atoms with Gasteiger partial charge in [-0.25, -0.2) is 9.50 Å². The molecule has 3 aromatic rings. The zero-order valence-electron chi connectivity index (χ0n) is 12.5. The smallest absolute Gasteiger partial charge is 0.252 e. The van der Waals surface area contributed by atoms with Crippen molar-refractivity contribution in [3.8, 4) is 11.4 Å². The fraction of sp³-hybridized carbons (Fsp3) is 0.353. The van der Waals surface area contributed by atoms with Crippen molar-refractivity contribution in [2.75, 3.05) is 13.1 Å². The van der Waals surface area contributed by atoms with Gasteiger partial charge in [-0.05, 0) is 37.6 Å². The first-order chi connectivity index (χ1) is 10.9. The van der Waals surface area contributed by atoms with Gasteiger partial charge in [-0.15, -0.1) is 5.10 Å². The minimum atomic E-state index is 0.634. The molecule has 2 aromatic heterocycles. The van der Waals surface area contributed by atoms with Gasteiger partial charge in [0.15, 0.2) is 5.82 Å². The highest BCUT2D eigenvalue weighted by Gasteiger charge is 2.11. The molecule has 0 unspecified atom stereocenters. The summed E-state index contributed by atoms with van der Waals surface area (Å²) in [5, 5.41) is 4.46. The molecule has 4 rings (SSSR count). The van der Waals surface area contributed by atoms with E-state index in [1.807, 2.05) is 12.3 Å². The summed E-state index contributed by atoms with van der Waals surface area (Å²) in [4.78, 5) is 11.2. The highest BCUT2D eigenvalue weighted by molar-refractivity contribution is 5.57. The van der Waals surface area contributed by atoms with Crippen molar-refractivity contribution in [3.63, 3.8) is 0 Å². The van der Waals surface area contributed by atoms with E-state index >= 15 is 0 Å². The molecule has 5 heteroatoms. The monoisotopic (exact) mass is 293 g/mol. The van der Waals surface area contributed by atoms with E-state index in [0.717, 1.165) is 17.9 Å². The average molecular weight is 293 g/mol. The Morgan fingerprint density at radius 1 is 1.00 bits per heavy atom. The molecule has 5 nitrogen and oxygen atoms in total. The van der Waals surface area contributed by atoms with Crippen LogP contribution >= 0.6 is 0 Å². The molecule has 1 saturated heterocycles. The van der Waals surface area contributed by atoms with E-state index in [1.165, 1.54) is 37.9 Å². The molecule has 0 amide bonds. The fourth-order valence-electron chi connectivity index (χ4n) is 2.99. The normalized spacial score (nSPS) is 16.2. The van der Waals surface area contributed by atoms with E-state index in [2.05, 4.69) is 44.2 Å². The van der Waals surface area contributed by atoms with Crippen molar-refractivity contribution >= 4 is 5.78 Å². The highest BCUT2D eigenvalue weighted by Crippen LogP contribution is 2.18. The zero-order chi connectivity index (χ0) is 14.8. The third-order valence-electron chi connectivity index (χ3n) is 4.18. The lowest BCUT2D eigenvalue weighted by Crippen LogP contribution is -2.28. The maximum Gasteiger partial charge on any atom is 0.252 e. The molecule has 1 aromatic carbocycles. The van der Waals surface area contributed by atoms with Crippen molar-refractivity contribution in [1.82, 2.24) is 24.5 Å². The second-order valence-corrected chi connectivity index (χ2v) is 5.83. The van der Waals surface area contributed by atoms with Crippen LogP contribution in [0.5, 0.6) is 0 Å². The second kappa shape index (κ2) is 5.85. The maximum atomic E-state index is 4.46. The van der Waals surface area contributed by atoms with Gasteiger partial charge in [0.05, 0.1) is 0 Å². The Kier molecular flexibility index (Phi) is 3.56. The highest BCUT2D eigenvalue weighted by atomic mass is 15.3. The predicted octanol–water partition coefficient (Wildman–Crippen LogP) is 2.78. The number of nitrogens with zero attached hydrogens (tertiary/aromatic N) is 5. The Morgan fingerprint density at radius 3 is 2.59 bits per heavy atom. The van der Waals surface area contributed by atoms with Gasteiger partial charge in [0, 0.05) is 24.5 Å². The van der Waals surface area contributed by atoms with Gasteiger partial charge < -0.3 is 0 Å². The molecule has 112 valence electrons. The molecular formula is C17H19N5. The standard InChI is InChI=1S/C17H19N5/c1-2-10-21(11-3-1)13-14-5-7-15(8-6-14)16-19-17-18-9-4-12-22(17)20-16/h4-9,12H,1-3,10-11,13H2. The van der Waals surface area contributed by atoms with Gasteiger partial charge >= 0.3 is 0 Å². The second-order valence-electron chi connectivity index (χ2n) is 5.83. The summed E-state index contributed by atoms with van der Waals surface area (Å²) < 4.78 is 1.71. The summed E-state index contributed by atoms with van der Waals surface area (Å²) in [5.74, 6) is 1.36. The van der Waals surface area contributed by atoms with Crippen molar-refractivity contribution in [2.24, 2.45) is 0 Å². The average Bonchev–Trinajstić information content (AvgIpc) is 3.00. The minimum absolute atomic E-state index is 0.634. The number of hydrogen-bond acceptors (Lipinski definition) is 4. The molecular weight excluding hydrogens is 274 g/mol. The number of piperidine rings is 1. The van der Waals surface area contributed by atoms with E-state index in [-0.39, 0.29) is 0 Å². The van der Waals surface area contributed by atoms with Crippen molar-refractivity contribution in [1.29, 1.82) is 0 Å². The molecule has 0 aliphatic carbocycles. The van der Waals surface area contributed by atoms with Gasteiger partial charge in [-0.1, -0.05) is 30.7 Å². The number of hydrogen-bond donors (Lipinski definition) is 0. The van der Waals surface area contributed by atoms with Crippen LogP contribution in [0.25, 0.3) is 17.2 Å². The Bertz CT molecular complexity index is 723. The fourth-order valence-corrected chi connectivity index (χ4v) is 2.99. The van der Waals surface area contributed by atoms with Crippen molar-refractivity contribution in [3.05, 3.63) is 48.3 Å². The third-order valence-corrected chi connectivity index (χ3v) is 4.18. The van der Waals surface area contributed by atoms with E-state index in [9.17, 15) is 0 Å². The number of benzene rings is 1. The molecule has 3 heterocycles. The lowest BCUT2D eigenvalue weighted by molar-refractivity contribution is 0.221. The Hall–Kier alpha value is -2.27. The lowest BCUT2D eigenvalue weighted by Gasteiger charge is -2.26. The van der Waals surface area contributed by atoms with Crippen LogP contribution in [0.15, 0.2) is 42.7 Å². The van der Waals surface area contributed by atoms with Gasteiger partial charge in [0.25, 0.3) is 5.78 Å². The lowest BCUT2D eigenvalue weighted by atomic mass is 10.1. The molecule has 1 aliphatic heterocycles. The van der Waals surface area contributed by atoms with E-state index < -0.39 is 0 Å². The van der Waals surface area contributed by atoms with Crippen molar-refractivity contribution < 1.29 is 0 Å². The number of aromatic nitrogens is 4. The molecule has 0 bridgehead atoms. The summed E-state index contributed by atoms with van der Waals surface area (Å²) in [5.41, 5.74) is 2.39. The molecule has 22 heavy (non-hydrogen) atoms. The van der Waals surface area contributed by atoms with Crippen LogP contribution in [0, 0.1) is 0 Å². The van der Waals surface area contributed by atoms with Crippen LogP contribution in [0.1, 0.15) is 24.8 Å². The third kappa shape index (κ3) is 2.72. The SMILES string of the molecule is c1cnc2nc(-c3ccc(CN4CCCCC4)cc3)nn2c1. The van der Waals surface area contributed by atoms with Crippen LogP contribution in [-0.2, 0) is 6.54 Å². The summed E-state index contributed by atoms with van der Waals surface area (Å²) in [7, 11) is 0. The summed E-state index contributed by atoms with van der Waals surface area (Å²) >= 11 is 0. The van der Waals surface area contributed by atoms with Crippen LogP contribution in [-0.4, -0.2) is 37.6 Å². The van der Waals surface area contributed by atoms with E-state index in [1.54, 1.807) is 10.7 Å². The quantitative estimate of drug-likeness (QED) is 0.745. The molecule has 0 saturated carbocycles. The largest absolute Gasteiger partial charge is 0.299 e. The molecule has 0 spiro atoms. The van der Waals surface area contributed by atoms with E-state index in [0.29, 0.717) is 5.78 Å². The molecule has 1 aliphatic rings. The minimum Gasteiger partial charge on any atom is -0.299 e. The molecule has 0 radical (unpaired) electrons. The summed E-state index contributed by atoms with van der Waals surface area (Å²) in [6.07, 6.45) is 7.63. The summed E-state index contributed by atoms with van der Waals surface area (Å²) in [6.45, 7) is 3.49. The van der Waals surface area contributed by atoms with Crippen LogP contribution in [0.3, 0.4) is 0 Å². The number of likely N-dealkylation sites (tertiary alicyclic amines) is 1. The molecule has 1 fully saturated rings. The van der Waals surface area contributed by atoms with E-state index in [4.69, 9.17) is 0 Å². The molecule has 0 atom stereocenters.